The van der Waals surface area contributed by atoms with Crippen LogP contribution < -0.4 is 0 Å². The standard InChI is InChI=1S/C12H14N2OS/c1-9-7-13-12(16)14(9)11-6-4-3-5-10(11)8-15-2/h3-7H,8H2,1-2H3,(H,13,16). The molecule has 0 aliphatic heterocycles. The maximum atomic E-state index is 5.27. The number of aryl methyl sites for hydroxylation is 1. The van der Waals surface area contributed by atoms with Gasteiger partial charge in [0.2, 0.25) is 0 Å². The Morgan fingerprint density at radius 1 is 1.38 bits per heavy atom. The molecule has 2 aromatic rings. The maximum absolute atomic E-state index is 5.27. The lowest BCUT2D eigenvalue weighted by Gasteiger charge is -2.11. The van der Waals surface area contributed by atoms with Crippen molar-refractivity contribution in [1.82, 2.24) is 9.55 Å². The number of hydrogen-bond donors (Lipinski definition) is 1. The van der Waals surface area contributed by atoms with E-state index in [0.29, 0.717) is 11.4 Å². The highest BCUT2D eigenvalue weighted by Crippen LogP contribution is 2.17. The number of aromatic amines is 1. The van der Waals surface area contributed by atoms with E-state index < -0.39 is 0 Å². The van der Waals surface area contributed by atoms with Crippen LogP contribution in [-0.2, 0) is 11.3 Å². The molecule has 0 unspecified atom stereocenters. The Morgan fingerprint density at radius 3 is 2.75 bits per heavy atom. The number of hydrogen-bond acceptors (Lipinski definition) is 2. The fourth-order valence-electron chi connectivity index (χ4n) is 1.76. The first-order valence-electron chi connectivity index (χ1n) is 5.08. The monoisotopic (exact) mass is 234 g/mol. The van der Waals surface area contributed by atoms with Crippen LogP contribution >= 0.6 is 12.2 Å². The largest absolute Gasteiger partial charge is 0.380 e. The minimum absolute atomic E-state index is 0.586. The van der Waals surface area contributed by atoms with Crippen LogP contribution in [0, 0.1) is 11.7 Å². The van der Waals surface area contributed by atoms with Gasteiger partial charge in [-0.05, 0) is 25.2 Å². The number of aromatic nitrogens is 2. The summed E-state index contributed by atoms with van der Waals surface area (Å²) in [5.41, 5.74) is 3.30. The molecule has 0 aliphatic rings. The van der Waals surface area contributed by atoms with Crippen LogP contribution in [0.1, 0.15) is 11.3 Å². The van der Waals surface area contributed by atoms with E-state index >= 15 is 0 Å². The van der Waals surface area contributed by atoms with E-state index in [0.717, 1.165) is 16.9 Å². The van der Waals surface area contributed by atoms with Gasteiger partial charge in [-0.15, -0.1) is 0 Å². The minimum atomic E-state index is 0.586. The molecule has 0 bridgehead atoms. The molecular weight excluding hydrogens is 220 g/mol. The molecule has 0 radical (unpaired) electrons. The van der Waals surface area contributed by atoms with Gasteiger partial charge in [0, 0.05) is 24.6 Å². The quantitative estimate of drug-likeness (QED) is 0.827. The SMILES string of the molecule is COCc1ccccc1-n1c(C)c[nH]c1=S. The van der Waals surface area contributed by atoms with Crippen molar-refractivity contribution in [2.24, 2.45) is 0 Å². The number of H-pyrrole nitrogens is 1. The predicted octanol–water partition coefficient (Wildman–Crippen LogP) is 2.99. The van der Waals surface area contributed by atoms with E-state index in [4.69, 9.17) is 17.0 Å². The topological polar surface area (TPSA) is 29.9 Å². The number of ether oxygens (including phenoxy) is 1. The molecule has 0 amide bonds. The summed E-state index contributed by atoms with van der Waals surface area (Å²) in [4.78, 5) is 3.04. The summed E-state index contributed by atoms with van der Waals surface area (Å²) in [7, 11) is 1.69. The van der Waals surface area contributed by atoms with Crippen molar-refractivity contribution >= 4 is 12.2 Å². The number of nitrogens with one attached hydrogen (secondary N) is 1. The van der Waals surface area contributed by atoms with Crippen LogP contribution in [0.5, 0.6) is 0 Å². The van der Waals surface area contributed by atoms with Crippen molar-refractivity contribution in [2.45, 2.75) is 13.5 Å². The van der Waals surface area contributed by atoms with Crippen LogP contribution in [0.2, 0.25) is 0 Å². The first-order chi connectivity index (χ1) is 7.74. The van der Waals surface area contributed by atoms with Crippen molar-refractivity contribution in [2.75, 3.05) is 7.11 Å². The molecule has 0 atom stereocenters. The van der Waals surface area contributed by atoms with Crippen molar-refractivity contribution in [3.8, 4) is 5.69 Å². The van der Waals surface area contributed by atoms with Crippen LogP contribution in [0.15, 0.2) is 30.5 Å². The van der Waals surface area contributed by atoms with Crippen molar-refractivity contribution in [3.63, 3.8) is 0 Å². The fourth-order valence-corrected chi connectivity index (χ4v) is 2.06. The molecule has 84 valence electrons. The van der Waals surface area contributed by atoms with Gasteiger partial charge in [-0.3, -0.25) is 4.57 Å². The third-order valence-corrected chi connectivity index (χ3v) is 2.79. The number of para-hydroxylation sites is 1. The van der Waals surface area contributed by atoms with Gasteiger partial charge in [-0.1, -0.05) is 18.2 Å². The summed E-state index contributed by atoms with van der Waals surface area (Å²) in [5, 5.41) is 0. The molecule has 0 fully saturated rings. The second kappa shape index (κ2) is 4.63. The second-order valence-corrected chi connectivity index (χ2v) is 4.02. The van der Waals surface area contributed by atoms with Gasteiger partial charge in [0.15, 0.2) is 4.77 Å². The zero-order chi connectivity index (χ0) is 11.5. The molecule has 2 rings (SSSR count). The molecule has 0 aliphatic carbocycles. The van der Waals surface area contributed by atoms with Crippen LogP contribution in [0.25, 0.3) is 5.69 Å². The lowest BCUT2D eigenvalue weighted by atomic mass is 10.2. The molecule has 0 saturated carbocycles. The molecule has 3 nitrogen and oxygen atoms in total. The lowest BCUT2D eigenvalue weighted by molar-refractivity contribution is 0.184. The van der Waals surface area contributed by atoms with Crippen LogP contribution in [0.4, 0.5) is 0 Å². The first kappa shape index (κ1) is 11.1. The second-order valence-electron chi connectivity index (χ2n) is 3.63. The highest BCUT2D eigenvalue weighted by atomic mass is 32.1. The Morgan fingerprint density at radius 2 is 2.12 bits per heavy atom. The smallest absolute Gasteiger partial charge is 0.182 e. The fraction of sp³-hybridized carbons (Fsp3) is 0.250. The van der Waals surface area contributed by atoms with Crippen molar-refractivity contribution < 1.29 is 4.74 Å². The average Bonchev–Trinajstić information content (AvgIpc) is 2.60. The molecule has 1 aromatic heterocycles. The maximum Gasteiger partial charge on any atom is 0.182 e. The minimum Gasteiger partial charge on any atom is -0.380 e. The number of rotatable bonds is 3. The van der Waals surface area contributed by atoms with E-state index in [1.165, 1.54) is 0 Å². The summed E-state index contributed by atoms with van der Waals surface area (Å²) in [6.07, 6.45) is 1.91. The third-order valence-electron chi connectivity index (χ3n) is 2.49. The molecular formula is C12H14N2OS. The third kappa shape index (κ3) is 1.94. The van der Waals surface area contributed by atoms with Crippen molar-refractivity contribution in [3.05, 3.63) is 46.5 Å². The Balaban J connectivity index is 2.60. The van der Waals surface area contributed by atoms with E-state index in [-0.39, 0.29) is 0 Å². The van der Waals surface area contributed by atoms with E-state index in [1.807, 2.05) is 42.0 Å². The van der Waals surface area contributed by atoms with Gasteiger partial charge in [0.1, 0.15) is 0 Å². The molecule has 0 spiro atoms. The molecule has 16 heavy (non-hydrogen) atoms. The van der Waals surface area contributed by atoms with Gasteiger partial charge in [0.05, 0.1) is 12.3 Å². The van der Waals surface area contributed by atoms with Gasteiger partial charge in [-0.2, -0.15) is 0 Å². The highest BCUT2D eigenvalue weighted by molar-refractivity contribution is 7.71. The average molecular weight is 234 g/mol. The molecule has 1 heterocycles. The zero-order valence-electron chi connectivity index (χ0n) is 9.36. The van der Waals surface area contributed by atoms with E-state index in [9.17, 15) is 0 Å². The first-order valence-corrected chi connectivity index (χ1v) is 5.49. The summed E-state index contributed by atoms with van der Waals surface area (Å²) < 4.78 is 7.92. The zero-order valence-corrected chi connectivity index (χ0v) is 10.2. The Bertz CT molecular complexity index is 542. The molecule has 0 saturated heterocycles. The molecule has 4 heteroatoms. The normalized spacial score (nSPS) is 10.6. The summed E-state index contributed by atoms with van der Waals surface area (Å²) >= 11 is 5.27. The van der Waals surface area contributed by atoms with Crippen LogP contribution in [0.3, 0.4) is 0 Å². The number of imidazole rings is 1. The van der Waals surface area contributed by atoms with Gasteiger partial charge in [-0.25, -0.2) is 0 Å². The number of benzene rings is 1. The Hall–Kier alpha value is -1.39. The number of methoxy groups -OCH3 is 1. The van der Waals surface area contributed by atoms with Crippen LogP contribution in [-0.4, -0.2) is 16.7 Å². The van der Waals surface area contributed by atoms with Crippen molar-refractivity contribution in [1.29, 1.82) is 0 Å². The number of nitrogens with zero attached hydrogens (tertiary/aromatic N) is 1. The Kier molecular flexibility index (Phi) is 3.22. The lowest BCUT2D eigenvalue weighted by Crippen LogP contribution is -2.02. The summed E-state index contributed by atoms with van der Waals surface area (Å²) in [6.45, 7) is 2.61. The van der Waals surface area contributed by atoms with E-state index in [1.54, 1.807) is 7.11 Å². The Labute approximate surface area is 99.7 Å². The van der Waals surface area contributed by atoms with Gasteiger partial charge in [0.25, 0.3) is 0 Å². The predicted molar refractivity (Wildman–Crippen MR) is 66.4 cm³/mol. The summed E-state index contributed by atoms with van der Waals surface area (Å²) in [6, 6.07) is 8.10. The van der Waals surface area contributed by atoms with Gasteiger partial charge < -0.3 is 9.72 Å². The van der Waals surface area contributed by atoms with E-state index in [2.05, 4.69) is 4.98 Å². The van der Waals surface area contributed by atoms with Gasteiger partial charge >= 0.3 is 0 Å². The molecule has 1 aromatic carbocycles. The highest BCUT2D eigenvalue weighted by Gasteiger charge is 2.07. The molecule has 1 N–H and O–H groups in total. The summed E-state index contributed by atoms with van der Waals surface area (Å²) in [5.74, 6) is 0.